The highest BCUT2D eigenvalue weighted by molar-refractivity contribution is 9.10. The lowest BCUT2D eigenvalue weighted by atomic mass is 9.91. The minimum absolute atomic E-state index is 0.150. The first-order chi connectivity index (χ1) is 10.1. The van der Waals surface area contributed by atoms with Crippen LogP contribution < -0.4 is 4.90 Å². The van der Waals surface area contributed by atoms with E-state index in [0.717, 1.165) is 21.3 Å². The number of nitrogens with zero attached hydrogens (tertiary/aromatic N) is 1. The van der Waals surface area contributed by atoms with E-state index in [1.807, 2.05) is 60.5 Å². The van der Waals surface area contributed by atoms with Crippen LogP contribution in [0.3, 0.4) is 0 Å². The molecule has 0 aliphatic carbocycles. The molecule has 0 radical (unpaired) electrons. The van der Waals surface area contributed by atoms with Crippen LogP contribution in [0.4, 0.5) is 5.69 Å². The number of rotatable bonds is 3. The number of thioether (sulfide) groups is 1. The summed E-state index contributed by atoms with van der Waals surface area (Å²) in [6.07, 6.45) is 2.01. The second-order valence-electron chi connectivity index (χ2n) is 4.96. The van der Waals surface area contributed by atoms with Crippen molar-refractivity contribution in [3.63, 3.8) is 0 Å². The van der Waals surface area contributed by atoms with Crippen LogP contribution in [-0.2, 0) is 9.54 Å². The molecule has 0 aromatic heterocycles. The SMILES string of the molecule is CCN1C(=O)C(SC)(c2ccccc2)c2cc(Br)ccc21. The molecule has 1 heterocycles. The zero-order valence-corrected chi connectivity index (χ0v) is 14.4. The van der Waals surface area contributed by atoms with Crippen molar-refractivity contribution in [3.8, 4) is 0 Å². The quantitative estimate of drug-likeness (QED) is 0.806. The van der Waals surface area contributed by atoms with Gasteiger partial charge in [0.25, 0.3) is 5.91 Å². The lowest BCUT2D eigenvalue weighted by Gasteiger charge is -2.27. The van der Waals surface area contributed by atoms with E-state index in [1.165, 1.54) is 0 Å². The van der Waals surface area contributed by atoms with Crippen LogP contribution >= 0.6 is 27.7 Å². The standard InChI is InChI=1S/C17H16BrNOS/c1-3-19-15-10-9-13(18)11-14(15)17(21-2,16(19)20)12-7-5-4-6-8-12/h4-11H,3H2,1-2H3. The molecule has 1 aliphatic heterocycles. The number of hydrogen-bond donors (Lipinski definition) is 0. The van der Waals surface area contributed by atoms with Gasteiger partial charge < -0.3 is 4.90 Å². The van der Waals surface area contributed by atoms with E-state index in [4.69, 9.17) is 0 Å². The first-order valence-electron chi connectivity index (χ1n) is 6.87. The first kappa shape index (κ1) is 14.7. The summed E-state index contributed by atoms with van der Waals surface area (Å²) in [6, 6.07) is 16.1. The second kappa shape index (κ2) is 5.50. The Labute approximate surface area is 137 Å². The highest BCUT2D eigenvalue weighted by atomic mass is 79.9. The second-order valence-corrected chi connectivity index (χ2v) is 6.90. The normalized spacial score (nSPS) is 20.7. The summed E-state index contributed by atoms with van der Waals surface area (Å²) in [5.74, 6) is 0.150. The molecule has 0 bridgehead atoms. The van der Waals surface area contributed by atoms with Gasteiger partial charge in [-0.05, 0) is 36.9 Å². The van der Waals surface area contributed by atoms with Crippen LogP contribution in [0.2, 0.25) is 0 Å². The van der Waals surface area contributed by atoms with E-state index >= 15 is 0 Å². The van der Waals surface area contributed by atoms with Crippen LogP contribution in [0, 0.1) is 0 Å². The first-order valence-corrected chi connectivity index (χ1v) is 8.89. The summed E-state index contributed by atoms with van der Waals surface area (Å²) >= 11 is 5.14. The van der Waals surface area contributed by atoms with Gasteiger partial charge in [-0.15, -0.1) is 11.8 Å². The predicted octanol–water partition coefficient (Wildman–Crippen LogP) is 4.42. The number of amides is 1. The van der Waals surface area contributed by atoms with E-state index in [2.05, 4.69) is 22.0 Å². The number of fused-ring (bicyclic) bond motifs is 1. The molecule has 1 atom stereocenters. The minimum atomic E-state index is -0.642. The van der Waals surface area contributed by atoms with Crippen molar-refractivity contribution in [2.24, 2.45) is 0 Å². The van der Waals surface area contributed by atoms with Gasteiger partial charge in [-0.25, -0.2) is 0 Å². The molecule has 1 unspecified atom stereocenters. The molecule has 2 aromatic rings. The number of benzene rings is 2. The monoisotopic (exact) mass is 361 g/mol. The molecular weight excluding hydrogens is 346 g/mol. The molecule has 1 amide bonds. The van der Waals surface area contributed by atoms with Crippen molar-refractivity contribution in [2.45, 2.75) is 11.7 Å². The van der Waals surface area contributed by atoms with Gasteiger partial charge in [0, 0.05) is 22.3 Å². The summed E-state index contributed by atoms with van der Waals surface area (Å²) in [7, 11) is 0. The Morgan fingerprint density at radius 2 is 1.90 bits per heavy atom. The van der Waals surface area contributed by atoms with E-state index < -0.39 is 4.75 Å². The summed E-state index contributed by atoms with van der Waals surface area (Å²) in [5.41, 5.74) is 3.13. The molecular formula is C17H16BrNOS. The number of carbonyl (C=O) groups is 1. The maximum absolute atomic E-state index is 13.1. The largest absolute Gasteiger partial charge is 0.311 e. The number of hydrogen-bond acceptors (Lipinski definition) is 2. The molecule has 0 N–H and O–H groups in total. The average Bonchev–Trinajstić information content (AvgIpc) is 2.76. The molecule has 21 heavy (non-hydrogen) atoms. The van der Waals surface area contributed by atoms with Gasteiger partial charge in [0.1, 0.15) is 4.75 Å². The van der Waals surface area contributed by atoms with Crippen molar-refractivity contribution in [3.05, 3.63) is 64.1 Å². The Bertz CT molecular complexity index is 688. The summed E-state index contributed by atoms with van der Waals surface area (Å²) in [4.78, 5) is 15.0. The van der Waals surface area contributed by atoms with E-state index in [0.29, 0.717) is 6.54 Å². The number of carbonyl (C=O) groups excluding carboxylic acids is 1. The molecule has 3 rings (SSSR count). The van der Waals surface area contributed by atoms with Gasteiger partial charge in [0.05, 0.1) is 0 Å². The van der Waals surface area contributed by atoms with Crippen molar-refractivity contribution in [2.75, 3.05) is 17.7 Å². The van der Waals surface area contributed by atoms with Gasteiger partial charge in [-0.2, -0.15) is 0 Å². The Balaban J connectivity index is 2.31. The fraction of sp³-hybridized carbons (Fsp3) is 0.235. The molecule has 0 saturated carbocycles. The maximum Gasteiger partial charge on any atom is 0.252 e. The van der Waals surface area contributed by atoms with Gasteiger partial charge in [-0.1, -0.05) is 46.3 Å². The highest BCUT2D eigenvalue weighted by Gasteiger charge is 2.51. The zero-order valence-electron chi connectivity index (χ0n) is 12.0. The summed E-state index contributed by atoms with van der Waals surface area (Å²) in [6.45, 7) is 2.70. The van der Waals surface area contributed by atoms with Crippen LogP contribution in [0.15, 0.2) is 53.0 Å². The molecule has 2 nitrogen and oxygen atoms in total. The van der Waals surface area contributed by atoms with Crippen LogP contribution in [0.1, 0.15) is 18.1 Å². The van der Waals surface area contributed by atoms with E-state index in [-0.39, 0.29) is 5.91 Å². The average molecular weight is 362 g/mol. The number of likely N-dealkylation sites (N-methyl/N-ethyl adjacent to an activating group) is 1. The Morgan fingerprint density at radius 1 is 1.19 bits per heavy atom. The van der Waals surface area contributed by atoms with Crippen molar-refractivity contribution in [1.82, 2.24) is 0 Å². The molecule has 0 saturated heterocycles. The Kier molecular flexibility index (Phi) is 3.84. The third-order valence-corrected chi connectivity index (χ3v) is 5.71. The van der Waals surface area contributed by atoms with Gasteiger partial charge in [0.2, 0.25) is 0 Å². The van der Waals surface area contributed by atoms with Crippen molar-refractivity contribution < 1.29 is 4.79 Å². The van der Waals surface area contributed by atoms with Crippen LogP contribution in [0.5, 0.6) is 0 Å². The Hall–Kier alpha value is -1.26. The highest BCUT2D eigenvalue weighted by Crippen LogP contribution is 2.52. The summed E-state index contributed by atoms with van der Waals surface area (Å²) in [5, 5.41) is 0. The van der Waals surface area contributed by atoms with Gasteiger partial charge in [-0.3, -0.25) is 4.79 Å². The van der Waals surface area contributed by atoms with Crippen LogP contribution in [0.25, 0.3) is 0 Å². The van der Waals surface area contributed by atoms with E-state index in [9.17, 15) is 4.79 Å². The molecule has 2 aromatic carbocycles. The minimum Gasteiger partial charge on any atom is -0.311 e. The lowest BCUT2D eigenvalue weighted by Crippen LogP contribution is -2.38. The third-order valence-electron chi connectivity index (χ3n) is 3.98. The fourth-order valence-corrected chi connectivity index (χ4v) is 4.42. The number of anilines is 1. The summed E-state index contributed by atoms with van der Waals surface area (Å²) < 4.78 is 0.359. The number of halogens is 1. The third kappa shape index (κ3) is 2.04. The van der Waals surface area contributed by atoms with E-state index in [1.54, 1.807) is 11.8 Å². The molecule has 1 aliphatic rings. The topological polar surface area (TPSA) is 20.3 Å². The fourth-order valence-electron chi connectivity index (χ4n) is 3.02. The van der Waals surface area contributed by atoms with Gasteiger partial charge >= 0.3 is 0 Å². The maximum atomic E-state index is 13.1. The molecule has 4 heteroatoms. The molecule has 108 valence electrons. The smallest absolute Gasteiger partial charge is 0.252 e. The predicted molar refractivity (Wildman–Crippen MR) is 92.9 cm³/mol. The Morgan fingerprint density at radius 3 is 2.52 bits per heavy atom. The van der Waals surface area contributed by atoms with Crippen molar-refractivity contribution >= 4 is 39.3 Å². The lowest BCUT2D eigenvalue weighted by molar-refractivity contribution is -0.119. The van der Waals surface area contributed by atoms with Gasteiger partial charge in [0.15, 0.2) is 0 Å². The van der Waals surface area contributed by atoms with Crippen molar-refractivity contribution in [1.29, 1.82) is 0 Å². The molecule has 0 fully saturated rings. The molecule has 0 spiro atoms. The zero-order chi connectivity index (χ0) is 15.0. The van der Waals surface area contributed by atoms with Crippen LogP contribution in [-0.4, -0.2) is 18.7 Å².